The van der Waals surface area contributed by atoms with Crippen molar-refractivity contribution < 1.29 is 12.9 Å². The molecule has 0 bridgehead atoms. The van der Waals surface area contributed by atoms with Crippen molar-refractivity contribution in [3.63, 3.8) is 0 Å². The SMILES string of the molecule is Cc1noc(C)c1CNC(C)c1cccc(S(N)(=O)=O)c1. The van der Waals surface area contributed by atoms with E-state index in [1.165, 1.54) is 6.07 Å². The molecule has 1 heterocycles. The Morgan fingerprint density at radius 3 is 2.67 bits per heavy atom. The number of nitrogens with zero attached hydrogens (tertiary/aromatic N) is 1. The van der Waals surface area contributed by atoms with Gasteiger partial charge in [-0.05, 0) is 38.5 Å². The molecule has 1 unspecified atom stereocenters. The fourth-order valence-corrected chi connectivity index (χ4v) is 2.66. The predicted octanol–water partition coefficient (Wildman–Crippen LogP) is 1.79. The molecular weight excluding hydrogens is 290 g/mol. The Morgan fingerprint density at radius 1 is 1.38 bits per heavy atom. The molecule has 1 aromatic heterocycles. The summed E-state index contributed by atoms with van der Waals surface area (Å²) in [5.74, 6) is 0.783. The highest BCUT2D eigenvalue weighted by molar-refractivity contribution is 7.89. The smallest absolute Gasteiger partial charge is 0.238 e. The molecule has 0 spiro atoms. The van der Waals surface area contributed by atoms with Crippen molar-refractivity contribution in [1.29, 1.82) is 0 Å². The Balaban J connectivity index is 2.12. The van der Waals surface area contributed by atoms with Crippen LogP contribution in [0.1, 0.15) is 35.5 Å². The maximum absolute atomic E-state index is 11.4. The first kappa shape index (κ1) is 15.7. The van der Waals surface area contributed by atoms with Crippen molar-refractivity contribution in [3.8, 4) is 0 Å². The van der Waals surface area contributed by atoms with E-state index in [2.05, 4.69) is 10.5 Å². The summed E-state index contributed by atoms with van der Waals surface area (Å²) in [6.45, 7) is 6.31. The Labute approximate surface area is 124 Å². The molecule has 1 atom stereocenters. The van der Waals surface area contributed by atoms with Gasteiger partial charge in [-0.25, -0.2) is 13.6 Å². The minimum Gasteiger partial charge on any atom is -0.361 e. The van der Waals surface area contributed by atoms with Crippen LogP contribution in [-0.4, -0.2) is 13.6 Å². The van der Waals surface area contributed by atoms with Crippen LogP contribution in [0, 0.1) is 13.8 Å². The average Bonchev–Trinajstić information content (AvgIpc) is 2.75. The second-order valence-electron chi connectivity index (χ2n) is 5.02. The summed E-state index contributed by atoms with van der Waals surface area (Å²) >= 11 is 0. The topological polar surface area (TPSA) is 98.2 Å². The zero-order valence-corrected chi connectivity index (χ0v) is 13.1. The van der Waals surface area contributed by atoms with Gasteiger partial charge in [-0.3, -0.25) is 0 Å². The Bertz CT molecular complexity index is 718. The summed E-state index contributed by atoms with van der Waals surface area (Å²) in [6.07, 6.45) is 0. The van der Waals surface area contributed by atoms with Crippen LogP contribution in [0.25, 0.3) is 0 Å². The summed E-state index contributed by atoms with van der Waals surface area (Å²) in [5, 5.41) is 12.4. The minimum atomic E-state index is -3.68. The molecule has 3 N–H and O–H groups in total. The molecule has 0 radical (unpaired) electrons. The number of nitrogens with two attached hydrogens (primary N) is 1. The molecule has 0 saturated heterocycles. The first-order valence-electron chi connectivity index (χ1n) is 6.57. The molecule has 0 aliphatic rings. The van der Waals surface area contributed by atoms with Crippen molar-refractivity contribution in [1.82, 2.24) is 10.5 Å². The molecular formula is C14H19N3O3S. The number of primary sulfonamides is 1. The molecule has 0 saturated carbocycles. The monoisotopic (exact) mass is 309 g/mol. The van der Waals surface area contributed by atoms with E-state index in [1.54, 1.807) is 12.1 Å². The van der Waals surface area contributed by atoms with Crippen molar-refractivity contribution in [2.45, 2.75) is 38.3 Å². The quantitative estimate of drug-likeness (QED) is 0.877. The van der Waals surface area contributed by atoms with Crippen LogP contribution < -0.4 is 10.5 Å². The van der Waals surface area contributed by atoms with Gasteiger partial charge in [-0.2, -0.15) is 0 Å². The van der Waals surface area contributed by atoms with E-state index in [-0.39, 0.29) is 10.9 Å². The van der Waals surface area contributed by atoms with Crippen molar-refractivity contribution in [2.75, 3.05) is 0 Å². The third-order valence-corrected chi connectivity index (χ3v) is 4.36. The highest BCUT2D eigenvalue weighted by Crippen LogP contribution is 2.18. The van der Waals surface area contributed by atoms with E-state index >= 15 is 0 Å². The normalized spacial score (nSPS) is 13.3. The molecule has 1 aromatic carbocycles. The lowest BCUT2D eigenvalue weighted by molar-refractivity contribution is 0.391. The van der Waals surface area contributed by atoms with Gasteiger partial charge in [0.05, 0.1) is 10.6 Å². The Kier molecular flexibility index (Phi) is 4.46. The fourth-order valence-electron chi connectivity index (χ4n) is 2.09. The van der Waals surface area contributed by atoms with Crippen LogP contribution in [0.3, 0.4) is 0 Å². The maximum Gasteiger partial charge on any atom is 0.238 e. The zero-order chi connectivity index (χ0) is 15.6. The Morgan fingerprint density at radius 2 is 2.10 bits per heavy atom. The van der Waals surface area contributed by atoms with Crippen LogP contribution in [0.4, 0.5) is 0 Å². The summed E-state index contributed by atoms with van der Waals surface area (Å²) in [4.78, 5) is 0.117. The van der Waals surface area contributed by atoms with E-state index in [0.29, 0.717) is 6.54 Å². The molecule has 0 aliphatic heterocycles. The molecule has 21 heavy (non-hydrogen) atoms. The predicted molar refractivity (Wildman–Crippen MR) is 79.0 cm³/mol. The van der Waals surface area contributed by atoms with E-state index in [4.69, 9.17) is 9.66 Å². The van der Waals surface area contributed by atoms with Gasteiger partial charge in [0.25, 0.3) is 0 Å². The van der Waals surface area contributed by atoms with Crippen molar-refractivity contribution in [3.05, 3.63) is 46.8 Å². The maximum atomic E-state index is 11.4. The first-order valence-corrected chi connectivity index (χ1v) is 8.11. The van der Waals surface area contributed by atoms with Gasteiger partial charge in [0, 0.05) is 18.2 Å². The number of benzene rings is 1. The van der Waals surface area contributed by atoms with E-state index < -0.39 is 10.0 Å². The van der Waals surface area contributed by atoms with E-state index in [9.17, 15) is 8.42 Å². The van der Waals surface area contributed by atoms with Crippen molar-refractivity contribution >= 4 is 10.0 Å². The van der Waals surface area contributed by atoms with Gasteiger partial charge in [-0.1, -0.05) is 17.3 Å². The number of sulfonamides is 1. The molecule has 114 valence electrons. The third-order valence-electron chi connectivity index (χ3n) is 3.45. The van der Waals surface area contributed by atoms with Crippen LogP contribution >= 0.6 is 0 Å². The molecule has 2 rings (SSSR count). The van der Waals surface area contributed by atoms with Gasteiger partial charge < -0.3 is 9.84 Å². The number of nitrogens with one attached hydrogen (secondary N) is 1. The summed E-state index contributed by atoms with van der Waals surface area (Å²) in [7, 11) is -3.68. The van der Waals surface area contributed by atoms with Crippen LogP contribution in [-0.2, 0) is 16.6 Å². The summed E-state index contributed by atoms with van der Waals surface area (Å²) in [5.41, 5.74) is 2.73. The highest BCUT2D eigenvalue weighted by Gasteiger charge is 2.13. The lowest BCUT2D eigenvalue weighted by atomic mass is 10.1. The molecule has 0 fully saturated rings. The largest absolute Gasteiger partial charge is 0.361 e. The highest BCUT2D eigenvalue weighted by atomic mass is 32.2. The van der Waals surface area contributed by atoms with Gasteiger partial charge >= 0.3 is 0 Å². The first-order chi connectivity index (χ1) is 9.79. The van der Waals surface area contributed by atoms with Gasteiger partial charge in [0.15, 0.2) is 0 Å². The number of hydrogen-bond donors (Lipinski definition) is 2. The van der Waals surface area contributed by atoms with E-state index in [1.807, 2.05) is 26.8 Å². The second kappa shape index (κ2) is 5.97. The van der Waals surface area contributed by atoms with Gasteiger partial charge in [0.2, 0.25) is 10.0 Å². The number of aromatic nitrogens is 1. The molecule has 2 aromatic rings. The number of aryl methyl sites for hydroxylation is 2. The summed E-state index contributed by atoms with van der Waals surface area (Å²) < 4.78 is 27.9. The molecule has 6 nitrogen and oxygen atoms in total. The number of rotatable bonds is 5. The van der Waals surface area contributed by atoms with E-state index in [0.717, 1.165) is 22.6 Å². The van der Waals surface area contributed by atoms with Crippen LogP contribution in [0.2, 0.25) is 0 Å². The fraction of sp³-hybridized carbons (Fsp3) is 0.357. The van der Waals surface area contributed by atoms with Crippen LogP contribution in [0.5, 0.6) is 0 Å². The average molecular weight is 309 g/mol. The Hall–Kier alpha value is -1.70. The lowest BCUT2D eigenvalue weighted by Crippen LogP contribution is -2.19. The standard InChI is InChI=1S/C14H19N3O3S/c1-9(16-8-14-10(2)17-20-11(14)3)12-5-4-6-13(7-12)21(15,18)19/h4-7,9,16H,8H2,1-3H3,(H2,15,18,19). The lowest BCUT2D eigenvalue weighted by Gasteiger charge is -2.15. The molecule has 7 heteroatoms. The van der Waals surface area contributed by atoms with Crippen LogP contribution in [0.15, 0.2) is 33.7 Å². The third kappa shape index (κ3) is 3.69. The summed E-state index contributed by atoms with van der Waals surface area (Å²) in [6, 6.07) is 6.59. The molecule has 0 aliphatic carbocycles. The number of hydrogen-bond acceptors (Lipinski definition) is 5. The minimum absolute atomic E-state index is 0.0274. The van der Waals surface area contributed by atoms with Crippen molar-refractivity contribution in [2.24, 2.45) is 5.14 Å². The van der Waals surface area contributed by atoms with Gasteiger partial charge in [0.1, 0.15) is 5.76 Å². The molecule has 0 amide bonds. The zero-order valence-electron chi connectivity index (χ0n) is 12.3. The second-order valence-corrected chi connectivity index (χ2v) is 6.58. The van der Waals surface area contributed by atoms with Gasteiger partial charge in [-0.15, -0.1) is 0 Å².